The lowest BCUT2D eigenvalue weighted by Crippen LogP contribution is -2.30. The van der Waals surface area contributed by atoms with Crippen LogP contribution in [0.5, 0.6) is 0 Å². The van der Waals surface area contributed by atoms with E-state index < -0.39 is 16.6 Å². The summed E-state index contributed by atoms with van der Waals surface area (Å²) < 4.78 is 0. The Balaban J connectivity index is 3.30. The van der Waals surface area contributed by atoms with Crippen LogP contribution >= 0.6 is 0 Å². The molecule has 0 radical (unpaired) electrons. The second-order valence-electron chi connectivity index (χ2n) is 4.39. The zero-order valence-electron chi connectivity index (χ0n) is 11.8. The maximum absolute atomic E-state index is 12.0. The van der Waals surface area contributed by atoms with E-state index in [0.29, 0.717) is 5.56 Å². The molecule has 8 nitrogen and oxygen atoms in total. The summed E-state index contributed by atoms with van der Waals surface area (Å²) in [5, 5.41) is 14.3. The highest BCUT2D eigenvalue weighted by molar-refractivity contribution is 6.68. The number of oxime groups is 1. The van der Waals surface area contributed by atoms with Crippen molar-refractivity contribution in [2.24, 2.45) is 11.1 Å². The molecule has 8 heteroatoms. The molecule has 1 rings (SSSR count). The van der Waals surface area contributed by atoms with Crippen LogP contribution in [-0.4, -0.2) is 34.0 Å². The Morgan fingerprint density at radius 2 is 1.95 bits per heavy atom. The molecule has 1 aromatic rings. The van der Waals surface area contributed by atoms with E-state index >= 15 is 0 Å². The summed E-state index contributed by atoms with van der Waals surface area (Å²) in [6.45, 7) is 3.29. The van der Waals surface area contributed by atoms with E-state index in [-0.39, 0.29) is 17.1 Å². The van der Waals surface area contributed by atoms with E-state index in [4.69, 9.17) is 5.53 Å². The van der Waals surface area contributed by atoms with Crippen LogP contribution in [-0.2, 0) is 9.63 Å². The molecular formula is C13H14N4O4. The van der Waals surface area contributed by atoms with Gasteiger partial charge in [-0.2, -0.15) is 4.79 Å². The standard InChI is InChI=1S/C13H14N4O4/c1-8(2)13(18)12(15-14)11(16-21-3)9-4-6-10(7-5-9)17(19)20/h4-8H,1-3H3. The summed E-state index contributed by atoms with van der Waals surface area (Å²) in [4.78, 5) is 29.7. The second kappa shape index (κ2) is 7.06. The number of carbonyl (C=O) groups excluding carboxylic acids is 1. The number of hydrogen-bond acceptors (Lipinski definition) is 5. The molecule has 0 heterocycles. The first-order valence-corrected chi connectivity index (χ1v) is 6.05. The van der Waals surface area contributed by atoms with Crippen LogP contribution in [0.3, 0.4) is 0 Å². The lowest BCUT2D eigenvalue weighted by Gasteiger charge is -2.03. The first kappa shape index (κ1) is 16.2. The molecule has 0 unspecified atom stereocenters. The van der Waals surface area contributed by atoms with E-state index in [9.17, 15) is 14.9 Å². The van der Waals surface area contributed by atoms with Crippen LogP contribution < -0.4 is 0 Å². The molecule has 1 aromatic carbocycles. The Morgan fingerprint density at radius 3 is 2.33 bits per heavy atom. The number of carbonyl (C=O) groups is 1. The fraction of sp³-hybridized carbons (Fsp3) is 0.308. The Hall–Kier alpha value is -2.86. The van der Waals surface area contributed by atoms with Crippen molar-refractivity contribution >= 4 is 22.9 Å². The minimum Gasteiger partial charge on any atom is -0.398 e. The highest BCUT2D eigenvalue weighted by atomic mass is 16.6. The van der Waals surface area contributed by atoms with Gasteiger partial charge in [0.05, 0.1) is 4.92 Å². The van der Waals surface area contributed by atoms with Gasteiger partial charge in [0, 0.05) is 23.6 Å². The number of rotatable bonds is 6. The summed E-state index contributed by atoms with van der Waals surface area (Å²) in [5.41, 5.74) is 9.08. The van der Waals surface area contributed by atoms with Gasteiger partial charge in [-0.3, -0.25) is 14.9 Å². The molecule has 0 aliphatic carbocycles. The average molecular weight is 290 g/mol. The number of Topliss-reactive ketones (excluding diaryl/α,β-unsaturated/α-hetero) is 1. The molecule has 0 aliphatic rings. The van der Waals surface area contributed by atoms with Gasteiger partial charge in [-0.1, -0.05) is 19.0 Å². The third kappa shape index (κ3) is 3.80. The molecule has 0 aromatic heterocycles. The van der Waals surface area contributed by atoms with Crippen molar-refractivity contribution in [3.63, 3.8) is 0 Å². The maximum atomic E-state index is 12.0. The molecule has 0 aliphatic heterocycles. The van der Waals surface area contributed by atoms with Crippen molar-refractivity contribution in [1.29, 1.82) is 0 Å². The number of hydrogen-bond donors (Lipinski definition) is 0. The summed E-state index contributed by atoms with van der Waals surface area (Å²) in [6.07, 6.45) is 0. The molecule has 0 bridgehead atoms. The van der Waals surface area contributed by atoms with Gasteiger partial charge in [0.2, 0.25) is 11.5 Å². The molecule has 0 saturated carbocycles. The van der Waals surface area contributed by atoms with Gasteiger partial charge in [-0.05, 0) is 12.1 Å². The Kier molecular flexibility index (Phi) is 5.45. The summed E-state index contributed by atoms with van der Waals surface area (Å²) in [5.74, 6) is -0.831. The van der Waals surface area contributed by atoms with Crippen molar-refractivity contribution in [2.45, 2.75) is 13.8 Å². The van der Waals surface area contributed by atoms with Crippen LogP contribution in [0, 0.1) is 16.0 Å². The van der Waals surface area contributed by atoms with Crippen LogP contribution in [0.1, 0.15) is 19.4 Å². The van der Waals surface area contributed by atoms with Gasteiger partial charge in [0.25, 0.3) is 5.69 Å². The van der Waals surface area contributed by atoms with Crippen molar-refractivity contribution in [3.8, 4) is 0 Å². The summed E-state index contributed by atoms with van der Waals surface area (Å²) in [7, 11) is 1.28. The molecule has 0 saturated heterocycles. The number of nitro benzene ring substituents is 1. The summed E-state index contributed by atoms with van der Waals surface area (Å²) in [6, 6.07) is 5.31. The zero-order chi connectivity index (χ0) is 16.0. The smallest absolute Gasteiger partial charge is 0.387 e. The number of nitrogens with zero attached hydrogens (tertiary/aromatic N) is 4. The average Bonchev–Trinajstić information content (AvgIpc) is 2.46. The quantitative estimate of drug-likeness (QED) is 0.261. The number of benzene rings is 1. The van der Waals surface area contributed by atoms with Crippen molar-refractivity contribution in [1.82, 2.24) is 0 Å². The van der Waals surface area contributed by atoms with Crippen LogP contribution in [0.15, 0.2) is 29.4 Å². The van der Waals surface area contributed by atoms with Gasteiger partial charge in [-0.25, -0.2) is 0 Å². The fourth-order valence-electron chi connectivity index (χ4n) is 1.55. The number of ketones is 1. The first-order chi connectivity index (χ1) is 9.92. The largest absolute Gasteiger partial charge is 0.398 e. The molecule has 0 atom stereocenters. The van der Waals surface area contributed by atoms with Gasteiger partial charge in [-0.15, -0.1) is 0 Å². The topological polar surface area (TPSA) is 118 Å². The molecule has 0 fully saturated rings. The van der Waals surface area contributed by atoms with Crippen LogP contribution in [0.2, 0.25) is 0 Å². The van der Waals surface area contributed by atoms with Crippen molar-refractivity contribution in [2.75, 3.05) is 7.11 Å². The van der Waals surface area contributed by atoms with E-state index in [2.05, 4.69) is 14.8 Å². The minimum atomic E-state index is -0.544. The lowest BCUT2D eigenvalue weighted by atomic mass is 9.97. The van der Waals surface area contributed by atoms with E-state index in [1.165, 1.54) is 31.4 Å². The highest BCUT2D eigenvalue weighted by Gasteiger charge is 2.31. The highest BCUT2D eigenvalue weighted by Crippen LogP contribution is 2.14. The van der Waals surface area contributed by atoms with E-state index in [1.54, 1.807) is 13.8 Å². The Morgan fingerprint density at radius 1 is 1.38 bits per heavy atom. The molecule has 21 heavy (non-hydrogen) atoms. The molecular weight excluding hydrogens is 276 g/mol. The lowest BCUT2D eigenvalue weighted by molar-refractivity contribution is -0.384. The third-order valence-corrected chi connectivity index (χ3v) is 2.62. The van der Waals surface area contributed by atoms with Gasteiger partial charge >= 0.3 is 5.71 Å². The van der Waals surface area contributed by atoms with Gasteiger partial charge < -0.3 is 10.4 Å². The molecule has 0 amide bonds. The normalized spacial score (nSPS) is 11.0. The zero-order valence-corrected chi connectivity index (χ0v) is 11.8. The van der Waals surface area contributed by atoms with Gasteiger partial charge in [0.1, 0.15) is 7.11 Å². The summed E-state index contributed by atoms with van der Waals surface area (Å²) >= 11 is 0. The molecule has 0 N–H and O–H groups in total. The number of nitro groups is 1. The fourth-order valence-corrected chi connectivity index (χ4v) is 1.55. The van der Waals surface area contributed by atoms with Crippen LogP contribution in [0.25, 0.3) is 5.53 Å². The molecule has 0 spiro atoms. The van der Waals surface area contributed by atoms with E-state index in [1.807, 2.05) is 0 Å². The number of non-ortho nitro benzene ring substituents is 1. The first-order valence-electron chi connectivity index (χ1n) is 6.05. The molecule has 110 valence electrons. The third-order valence-electron chi connectivity index (χ3n) is 2.62. The predicted octanol–water partition coefficient (Wildman–Crippen LogP) is 1.84. The van der Waals surface area contributed by atoms with Crippen LogP contribution in [0.4, 0.5) is 5.69 Å². The Labute approximate surface area is 120 Å². The van der Waals surface area contributed by atoms with Crippen molar-refractivity contribution in [3.05, 3.63) is 45.5 Å². The van der Waals surface area contributed by atoms with Crippen molar-refractivity contribution < 1.29 is 19.3 Å². The monoisotopic (exact) mass is 290 g/mol. The van der Waals surface area contributed by atoms with Gasteiger partial charge in [0.15, 0.2) is 0 Å². The Bertz CT molecular complexity index is 628. The van der Waals surface area contributed by atoms with E-state index in [0.717, 1.165) is 0 Å². The SMILES string of the molecule is CON=C(C(=[N+]=[N-])C(=O)C(C)C)c1ccc([N+](=O)[O-])cc1. The minimum absolute atomic E-state index is 0.00796. The predicted molar refractivity (Wildman–Crippen MR) is 75.1 cm³/mol. The maximum Gasteiger partial charge on any atom is 0.387 e. The second-order valence-corrected chi connectivity index (χ2v) is 4.39.